The molecule has 0 radical (unpaired) electrons. The summed E-state index contributed by atoms with van der Waals surface area (Å²) in [7, 11) is 4.37. The molecule has 1 saturated carbocycles. The second-order valence-corrected chi connectivity index (χ2v) is 11.0. The number of carbonyl (C=O) groups is 1. The molecular formula is C26H34N3OS+. The molecule has 31 heavy (non-hydrogen) atoms. The van der Waals surface area contributed by atoms with Gasteiger partial charge in [-0.05, 0) is 56.5 Å². The van der Waals surface area contributed by atoms with Crippen molar-refractivity contribution in [3.8, 4) is 0 Å². The van der Waals surface area contributed by atoms with Crippen LogP contribution in [0.25, 0.3) is 0 Å². The zero-order valence-corrected chi connectivity index (χ0v) is 19.8. The number of rotatable bonds is 5. The first-order valence-electron chi connectivity index (χ1n) is 11.8. The van der Waals surface area contributed by atoms with Crippen molar-refractivity contribution in [2.24, 2.45) is 0 Å². The third-order valence-corrected chi connectivity index (χ3v) is 8.67. The van der Waals surface area contributed by atoms with Crippen molar-refractivity contribution in [2.45, 2.75) is 60.9 Å². The van der Waals surface area contributed by atoms with Gasteiger partial charge in [0.15, 0.2) is 0 Å². The molecule has 2 aliphatic heterocycles. The van der Waals surface area contributed by atoms with Gasteiger partial charge in [-0.1, -0.05) is 23.9 Å². The Hall–Kier alpha value is -1.98. The lowest BCUT2D eigenvalue weighted by Crippen LogP contribution is -2.50. The number of likely N-dealkylation sites (tertiary alicyclic amines) is 1. The summed E-state index contributed by atoms with van der Waals surface area (Å²) in [4.78, 5) is 20.2. The van der Waals surface area contributed by atoms with E-state index in [1.807, 2.05) is 29.8 Å². The third-order valence-electron chi connectivity index (χ3n) is 7.54. The van der Waals surface area contributed by atoms with Crippen LogP contribution in [0.3, 0.4) is 0 Å². The Balaban J connectivity index is 1.50. The highest BCUT2D eigenvalue weighted by Crippen LogP contribution is 2.49. The summed E-state index contributed by atoms with van der Waals surface area (Å²) in [5, 5.41) is 0. The summed E-state index contributed by atoms with van der Waals surface area (Å²) >= 11 is 1.82. The molecule has 1 atom stereocenters. The molecule has 2 aromatic carbocycles. The smallest absolute Gasteiger partial charge is 0.253 e. The Morgan fingerprint density at radius 1 is 1.10 bits per heavy atom. The van der Waals surface area contributed by atoms with Crippen LogP contribution in [0.5, 0.6) is 0 Å². The number of likely N-dealkylation sites (N-methyl/N-ethyl adjacent to an activating group) is 1. The minimum absolute atomic E-state index is 0.155. The fourth-order valence-electron chi connectivity index (χ4n) is 5.53. The van der Waals surface area contributed by atoms with Gasteiger partial charge in [0.25, 0.3) is 5.91 Å². The van der Waals surface area contributed by atoms with E-state index in [1.54, 1.807) is 0 Å². The Labute approximate surface area is 190 Å². The number of anilines is 2. The van der Waals surface area contributed by atoms with Crippen molar-refractivity contribution in [2.75, 3.05) is 38.6 Å². The zero-order valence-electron chi connectivity index (χ0n) is 19.0. The number of fused-ring (bicyclic) bond motifs is 2. The quantitative estimate of drug-likeness (QED) is 0.575. The molecule has 0 N–H and O–H groups in total. The van der Waals surface area contributed by atoms with Crippen molar-refractivity contribution in [1.29, 1.82) is 0 Å². The molecule has 0 aromatic heterocycles. The number of quaternary nitrogens is 1. The molecule has 1 amide bonds. The maximum atomic E-state index is 13.2. The number of amides is 1. The molecule has 3 aliphatic rings. The van der Waals surface area contributed by atoms with Gasteiger partial charge in [0.05, 0.1) is 44.1 Å². The highest BCUT2D eigenvalue weighted by atomic mass is 32.2. The summed E-state index contributed by atoms with van der Waals surface area (Å²) in [6.45, 7) is 6.02. The maximum Gasteiger partial charge on any atom is 0.253 e. The van der Waals surface area contributed by atoms with Gasteiger partial charge < -0.3 is 14.3 Å². The standard InChI is InChI=1S/C26H34N3OS/c1-19(18-29(3)15-6-7-16-29)28-22-11-4-5-12-24(22)31-25-14-13-20(17-23(25)28)26(30)27(2)21-9-8-10-21/h4-5,11-14,17,19,21H,6-10,15-16,18H2,1-3H3/q+1. The van der Waals surface area contributed by atoms with E-state index >= 15 is 0 Å². The fourth-order valence-corrected chi connectivity index (χ4v) is 6.59. The van der Waals surface area contributed by atoms with Gasteiger partial charge in [-0.15, -0.1) is 0 Å². The average molecular weight is 437 g/mol. The molecule has 2 heterocycles. The molecule has 2 fully saturated rings. The van der Waals surface area contributed by atoms with E-state index in [4.69, 9.17) is 0 Å². The summed E-state index contributed by atoms with van der Waals surface area (Å²) in [5.41, 5.74) is 3.27. The van der Waals surface area contributed by atoms with E-state index in [0.717, 1.165) is 29.4 Å². The van der Waals surface area contributed by atoms with Crippen LogP contribution in [0, 0.1) is 0 Å². The Morgan fingerprint density at radius 3 is 2.52 bits per heavy atom. The van der Waals surface area contributed by atoms with Crippen LogP contribution < -0.4 is 4.90 Å². The lowest BCUT2D eigenvalue weighted by molar-refractivity contribution is -0.898. The molecule has 164 valence electrons. The van der Waals surface area contributed by atoms with Crippen molar-refractivity contribution in [3.63, 3.8) is 0 Å². The van der Waals surface area contributed by atoms with Gasteiger partial charge in [-0.3, -0.25) is 4.79 Å². The molecule has 1 aliphatic carbocycles. The van der Waals surface area contributed by atoms with Gasteiger partial charge in [0, 0.05) is 41.3 Å². The fraction of sp³-hybridized carbons (Fsp3) is 0.500. The lowest BCUT2D eigenvalue weighted by atomic mass is 9.91. The number of carbonyl (C=O) groups excluding carboxylic acids is 1. The van der Waals surface area contributed by atoms with Crippen LogP contribution in [-0.4, -0.2) is 61.1 Å². The van der Waals surface area contributed by atoms with Crippen LogP contribution in [0.4, 0.5) is 11.4 Å². The Kier molecular flexibility index (Phi) is 5.51. The maximum absolute atomic E-state index is 13.2. The normalized spacial score (nSPS) is 20.5. The molecule has 2 aromatic rings. The van der Waals surface area contributed by atoms with Crippen molar-refractivity contribution in [1.82, 2.24) is 4.90 Å². The molecule has 4 nitrogen and oxygen atoms in total. The molecule has 5 rings (SSSR count). The average Bonchev–Trinajstić information content (AvgIpc) is 3.15. The third kappa shape index (κ3) is 3.87. The largest absolute Gasteiger partial charge is 0.339 e. The van der Waals surface area contributed by atoms with E-state index in [-0.39, 0.29) is 5.91 Å². The molecule has 1 unspecified atom stereocenters. The first-order valence-corrected chi connectivity index (χ1v) is 12.6. The Morgan fingerprint density at radius 2 is 1.81 bits per heavy atom. The molecule has 0 bridgehead atoms. The molecule has 5 heteroatoms. The van der Waals surface area contributed by atoms with Crippen LogP contribution in [0.1, 0.15) is 49.4 Å². The molecular weight excluding hydrogens is 402 g/mol. The SMILES string of the molecule is CC(C[N+]1(C)CCCC1)N1c2ccccc2Sc2ccc(C(=O)N(C)C3CCC3)cc21. The van der Waals surface area contributed by atoms with E-state index < -0.39 is 0 Å². The van der Waals surface area contributed by atoms with E-state index in [0.29, 0.717) is 12.1 Å². The number of hydrogen-bond acceptors (Lipinski definition) is 3. The second-order valence-electron chi connectivity index (χ2n) is 9.93. The van der Waals surface area contributed by atoms with Crippen molar-refractivity contribution < 1.29 is 9.28 Å². The van der Waals surface area contributed by atoms with Gasteiger partial charge in [-0.2, -0.15) is 0 Å². The number of para-hydroxylation sites is 1. The summed E-state index contributed by atoms with van der Waals surface area (Å²) < 4.78 is 1.14. The monoisotopic (exact) mass is 436 g/mol. The van der Waals surface area contributed by atoms with Crippen LogP contribution in [-0.2, 0) is 0 Å². The van der Waals surface area contributed by atoms with E-state index in [1.165, 1.54) is 53.5 Å². The van der Waals surface area contributed by atoms with Crippen LogP contribution in [0.15, 0.2) is 52.3 Å². The highest BCUT2D eigenvalue weighted by Gasteiger charge is 2.35. The summed E-state index contributed by atoms with van der Waals surface area (Å²) in [6, 6.07) is 15.8. The van der Waals surface area contributed by atoms with Crippen molar-refractivity contribution >= 4 is 29.0 Å². The van der Waals surface area contributed by atoms with Gasteiger partial charge >= 0.3 is 0 Å². The Bertz CT molecular complexity index is 980. The molecule has 1 saturated heterocycles. The van der Waals surface area contributed by atoms with E-state index in [9.17, 15) is 4.79 Å². The minimum Gasteiger partial charge on any atom is -0.339 e. The zero-order chi connectivity index (χ0) is 21.6. The van der Waals surface area contributed by atoms with E-state index in [2.05, 4.69) is 55.3 Å². The highest BCUT2D eigenvalue weighted by molar-refractivity contribution is 7.99. The minimum atomic E-state index is 0.155. The predicted molar refractivity (Wildman–Crippen MR) is 128 cm³/mol. The topological polar surface area (TPSA) is 23.6 Å². The lowest BCUT2D eigenvalue weighted by Gasteiger charge is -2.41. The van der Waals surface area contributed by atoms with Crippen molar-refractivity contribution in [3.05, 3.63) is 48.0 Å². The summed E-state index contributed by atoms with van der Waals surface area (Å²) in [6.07, 6.45) is 6.17. The first kappa shape index (κ1) is 20.9. The number of benzene rings is 2. The van der Waals surface area contributed by atoms with Gasteiger partial charge in [0.2, 0.25) is 0 Å². The predicted octanol–water partition coefficient (Wildman–Crippen LogP) is 5.54. The first-order chi connectivity index (χ1) is 15.0. The van der Waals surface area contributed by atoms with Crippen LogP contribution >= 0.6 is 11.8 Å². The molecule has 0 spiro atoms. The second kappa shape index (κ2) is 8.18. The number of hydrogen-bond donors (Lipinski definition) is 0. The van der Waals surface area contributed by atoms with Gasteiger partial charge in [-0.25, -0.2) is 0 Å². The summed E-state index contributed by atoms with van der Waals surface area (Å²) in [5.74, 6) is 0.155. The number of nitrogens with zero attached hydrogens (tertiary/aromatic N) is 3. The van der Waals surface area contributed by atoms with Gasteiger partial charge in [0.1, 0.15) is 0 Å². The van der Waals surface area contributed by atoms with Crippen LogP contribution in [0.2, 0.25) is 0 Å².